The minimum Gasteiger partial charge on any atom is -0.493 e. The number of carbonyl (C=O) groups excluding carboxylic acids is 2. The van der Waals surface area contributed by atoms with Gasteiger partial charge in [-0.25, -0.2) is 0 Å². The average Bonchev–Trinajstić information content (AvgIpc) is 2.75. The summed E-state index contributed by atoms with van der Waals surface area (Å²) in [6.07, 6.45) is 2.91. The lowest BCUT2D eigenvalue weighted by Gasteiger charge is -2.10. The van der Waals surface area contributed by atoms with E-state index in [9.17, 15) is 14.9 Å². The van der Waals surface area contributed by atoms with Gasteiger partial charge in [0.15, 0.2) is 11.5 Å². The van der Waals surface area contributed by atoms with Crippen molar-refractivity contribution in [3.8, 4) is 17.6 Å². The zero-order chi connectivity index (χ0) is 21.9. The first-order valence-corrected chi connectivity index (χ1v) is 9.87. The molecule has 2 aromatic rings. The fourth-order valence-electron chi connectivity index (χ4n) is 2.62. The molecular weight excluding hydrogens is 404 g/mol. The molecule has 0 atom stereocenters. The summed E-state index contributed by atoms with van der Waals surface area (Å²) in [7, 11) is 1.45. The van der Waals surface area contributed by atoms with Crippen LogP contribution in [0.3, 0.4) is 0 Å². The number of nitrogens with zero attached hydrogens (tertiary/aromatic N) is 1. The fraction of sp³-hybridized carbons (Fsp3) is 0.261. The number of carbonyl (C=O) groups is 2. The normalized spacial score (nSPS) is 10.8. The van der Waals surface area contributed by atoms with Gasteiger partial charge in [-0.3, -0.25) is 9.59 Å². The molecule has 0 aliphatic carbocycles. The Hall–Kier alpha value is -3.30. The summed E-state index contributed by atoms with van der Waals surface area (Å²) in [6.45, 7) is 2.42. The Morgan fingerprint density at radius 1 is 1.20 bits per heavy atom. The van der Waals surface area contributed by atoms with E-state index in [-0.39, 0.29) is 17.7 Å². The van der Waals surface area contributed by atoms with Crippen molar-refractivity contribution in [1.82, 2.24) is 5.32 Å². The third kappa shape index (κ3) is 6.94. The molecule has 0 aliphatic rings. The molecule has 0 spiro atoms. The van der Waals surface area contributed by atoms with E-state index in [4.69, 9.17) is 21.1 Å². The monoisotopic (exact) mass is 426 g/mol. The number of nitriles is 1. The van der Waals surface area contributed by atoms with Gasteiger partial charge in [0.2, 0.25) is 0 Å². The van der Waals surface area contributed by atoms with Crippen molar-refractivity contribution in [3.05, 3.63) is 64.2 Å². The molecule has 1 N–H and O–H groups in total. The van der Waals surface area contributed by atoms with Crippen LogP contribution in [-0.4, -0.2) is 25.5 Å². The number of ether oxygens (including phenoxy) is 2. The van der Waals surface area contributed by atoms with Crippen molar-refractivity contribution in [1.29, 1.82) is 5.26 Å². The van der Waals surface area contributed by atoms with Crippen molar-refractivity contribution in [3.63, 3.8) is 0 Å². The molecule has 0 saturated heterocycles. The minimum absolute atomic E-state index is 0.0169. The first-order chi connectivity index (χ1) is 14.5. The summed E-state index contributed by atoms with van der Waals surface area (Å²) in [5.74, 6) is -0.256. The molecule has 0 saturated carbocycles. The van der Waals surface area contributed by atoms with E-state index in [1.807, 2.05) is 25.1 Å². The Morgan fingerprint density at radius 2 is 2.00 bits per heavy atom. The van der Waals surface area contributed by atoms with Crippen LogP contribution in [0.2, 0.25) is 5.02 Å². The Bertz CT molecular complexity index is 979. The molecule has 0 bridgehead atoms. The van der Waals surface area contributed by atoms with Gasteiger partial charge in [-0.1, -0.05) is 36.7 Å². The van der Waals surface area contributed by atoms with E-state index < -0.39 is 11.9 Å². The predicted octanol–water partition coefficient (Wildman–Crippen LogP) is 4.32. The molecule has 1 amide bonds. The molecule has 0 fully saturated rings. The van der Waals surface area contributed by atoms with Crippen LogP contribution >= 0.6 is 11.6 Å². The lowest BCUT2D eigenvalue weighted by Crippen LogP contribution is -2.25. The summed E-state index contributed by atoms with van der Waals surface area (Å²) >= 11 is 5.95. The number of hydrogen-bond donors (Lipinski definition) is 1. The zero-order valence-electron chi connectivity index (χ0n) is 16.9. The van der Waals surface area contributed by atoms with Crippen molar-refractivity contribution >= 4 is 29.6 Å². The molecule has 6 nitrogen and oxygen atoms in total. The van der Waals surface area contributed by atoms with Crippen LogP contribution in [0.5, 0.6) is 11.5 Å². The molecule has 0 heterocycles. The van der Waals surface area contributed by atoms with Gasteiger partial charge in [-0.2, -0.15) is 5.26 Å². The first kappa shape index (κ1) is 23.0. The maximum absolute atomic E-state index is 12.2. The minimum atomic E-state index is -0.435. The molecule has 0 unspecified atom stereocenters. The third-order valence-corrected chi connectivity index (χ3v) is 4.37. The summed E-state index contributed by atoms with van der Waals surface area (Å²) < 4.78 is 10.7. The van der Waals surface area contributed by atoms with Gasteiger partial charge < -0.3 is 14.8 Å². The van der Waals surface area contributed by atoms with Gasteiger partial charge in [-0.15, -0.1) is 0 Å². The van der Waals surface area contributed by atoms with E-state index in [1.165, 1.54) is 13.2 Å². The quantitative estimate of drug-likeness (QED) is 0.279. The number of hydrogen-bond acceptors (Lipinski definition) is 5. The summed E-state index contributed by atoms with van der Waals surface area (Å²) in [4.78, 5) is 24.2. The number of methoxy groups -OCH3 is 1. The topological polar surface area (TPSA) is 88.4 Å². The van der Waals surface area contributed by atoms with Crippen molar-refractivity contribution in [2.75, 3.05) is 13.7 Å². The summed E-state index contributed by atoms with van der Waals surface area (Å²) in [6, 6.07) is 14.0. The Kier molecular flexibility index (Phi) is 8.92. The Balaban J connectivity index is 2.07. The number of aryl methyl sites for hydroxylation is 1. The SMILES string of the molecule is CCCNC(=O)/C(C#N)=C/c1ccc(OC(=O)CCc2cccc(Cl)c2)c(OC)c1. The van der Waals surface area contributed by atoms with Crippen LogP contribution in [0.1, 0.15) is 30.9 Å². The maximum atomic E-state index is 12.2. The third-order valence-electron chi connectivity index (χ3n) is 4.13. The molecule has 7 heteroatoms. The molecule has 0 aromatic heterocycles. The van der Waals surface area contributed by atoms with Crippen LogP contribution in [0.4, 0.5) is 0 Å². The fourth-order valence-corrected chi connectivity index (χ4v) is 2.83. The van der Waals surface area contributed by atoms with E-state index in [2.05, 4.69) is 5.32 Å². The molecular formula is C23H23ClN2O4. The average molecular weight is 427 g/mol. The van der Waals surface area contributed by atoms with Crippen LogP contribution in [0, 0.1) is 11.3 Å². The van der Waals surface area contributed by atoms with Crippen LogP contribution < -0.4 is 14.8 Å². The second-order valence-electron chi connectivity index (χ2n) is 6.44. The highest BCUT2D eigenvalue weighted by Gasteiger charge is 2.13. The number of amides is 1. The second-order valence-corrected chi connectivity index (χ2v) is 6.88. The van der Waals surface area contributed by atoms with Gasteiger partial charge >= 0.3 is 5.97 Å². The van der Waals surface area contributed by atoms with Crippen LogP contribution in [0.25, 0.3) is 6.08 Å². The van der Waals surface area contributed by atoms with E-state index in [1.54, 1.807) is 30.3 Å². The number of rotatable bonds is 9. The lowest BCUT2D eigenvalue weighted by atomic mass is 10.1. The van der Waals surface area contributed by atoms with E-state index in [0.717, 1.165) is 12.0 Å². The van der Waals surface area contributed by atoms with Crippen molar-refractivity contribution < 1.29 is 19.1 Å². The smallest absolute Gasteiger partial charge is 0.311 e. The largest absolute Gasteiger partial charge is 0.493 e. The van der Waals surface area contributed by atoms with E-state index in [0.29, 0.717) is 29.3 Å². The molecule has 0 radical (unpaired) electrons. The predicted molar refractivity (Wildman–Crippen MR) is 115 cm³/mol. The highest BCUT2D eigenvalue weighted by molar-refractivity contribution is 6.30. The Labute approximate surface area is 181 Å². The number of benzene rings is 2. The van der Waals surface area contributed by atoms with Gasteiger partial charge in [0.25, 0.3) is 5.91 Å². The lowest BCUT2D eigenvalue weighted by molar-refractivity contribution is -0.134. The molecule has 30 heavy (non-hydrogen) atoms. The van der Waals surface area contributed by atoms with Crippen molar-refractivity contribution in [2.24, 2.45) is 0 Å². The number of nitrogens with one attached hydrogen (secondary N) is 1. The zero-order valence-corrected chi connectivity index (χ0v) is 17.7. The van der Waals surface area contributed by atoms with Gasteiger partial charge in [0.05, 0.1) is 7.11 Å². The van der Waals surface area contributed by atoms with E-state index >= 15 is 0 Å². The summed E-state index contributed by atoms with van der Waals surface area (Å²) in [5.41, 5.74) is 1.50. The molecule has 0 aliphatic heterocycles. The van der Waals surface area contributed by atoms with Crippen LogP contribution in [0.15, 0.2) is 48.0 Å². The standard InChI is InChI=1S/C23H23ClN2O4/c1-3-11-26-23(28)18(15-25)12-17-7-9-20(21(14-17)29-2)30-22(27)10-8-16-5-4-6-19(24)13-16/h4-7,9,12-14H,3,8,10-11H2,1-2H3,(H,26,28)/b18-12+. The maximum Gasteiger partial charge on any atom is 0.311 e. The molecule has 156 valence electrons. The van der Waals surface area contributed by atoms with Crippen LogP contribution in [-0.2, 0) is 16.0 Å². The molecule has 2 aromatic carbocycles. The summed E-state index contributed by atoms with van der Waals surface area (Å²) in [5, 5.41) is 12.5. The Morgan fingerprint density at radius 3 is 2.67 bits per heavy atom. The highest BCUT2D eigenvalue weighted by atomic mass is 35.5. The van der Waals surface area contributed by atoms with Crippen molar-refractivity contribution in [2.45, 2.75) is 26.2 Å². The highest BCUT2D eigenvalue weighted by Crippen LogP contribution is 2.29. The first-order valence-electron chi connectivity index (χ1n) is 9.50. The van der Waals surface area contributed by atoms with Gasteiger partial charge in [0, 0.05) is 18.0 Å². The van der Waals surface area contributed by atoms with Gasteiger partial charge in [-0.05, 0) is 54.3 Å². The number of halogens is 1. The number of esters is 1. The molecule has 2 rings (SSSR count). The second kappa shape index (κ2) is 11.6. The van der Waals surface area contributed by atoms with Gasteiger partial charge in [0.1, 0.15) is 11.6 Å².